The molecule has 1 aromatic carbocycles. The van der Waals surface area contributed by atoms with Gasteiger partial charge >= 0.3 is 0 Å². The Morgan fingerprint density at radius 3 is 2.85 bits per heavy atom. The van der Waals surface area contributed by atoms with Gasteiger partial charge in [0, 0.05) is 6.04 Å². The number of methoxy groups -OCH3 is 1. The average Bonchev–Trinajstić information content (AvgIpc) is 2.62. The lowest BCUT2D eigenvalue weighted by atomic mass is 9.86. The Hall–Kier alpha value is -2.35. The molecule has 1 aromatic rings. The molecule has 1 amide bonds. The molecule has 0 spiro atoms. The fraction of sp³-hybridized carbons (Fsp3) is 0.500. The molecule has 8 heteroatoms. The molecule has 0 bridgehead atoms. The van der Waals surface area contributed by atoms with Crippen LogP contribution in [0.5, 0.6) is 11.5 Å². The van der Waals surface area contributed by atoms with E-state index in [1.807, 2.05) is 0 Å². The summed E-state index contributed by atoms with van der Waals surface area (Å²) in [4.78, 5) is 10.8. The largest absolute Gasteiger partial charge is 0.493 e. The summed E-state index contributed by atoms with van der Waals surface area (Å²) < 4.78 is 10.6. The number of carbonyl (C=O) groups excluding carboxylic acids is 1. The number of nitrogens with two attached hydrogens (primary N) is 1. The van der Waals surface area contributed by atoms with Crippen molar-refractivity contribution in [3.05, 3.63) is 23.8 Å². The maximum absolute atomic E-state index is 10.8. The van der Waals surface area contributed by atoms with Crippen molar-refractivity contribution in [2.75, 3.05) is 13.7 Å². The van der Waals surface area contributed by atoms with Gasteiger partial charge in [-0.25, -0.2) is 0 Å². The van der Waals surface area contributed by atoms with Gasteiger partial charge in [0.05, 0.1) is 13.3 Å². The quantitative estimate of drug-likeness (QED) is 0.381. The van der Waals surface area contributed by atoms with E-state index < -0.39 is 5.91 Å². The van der Waals surface area contributed by atoms with Crippen molar-refractivity contribution in [2.45, 2.75) is 38.6 Å². The molecular formula is C18H26N4O3S. The van der Waals surface area contributed by atoms with E-state index in [1.54, 1.807) is 24.4 Å². The second-order valence-corrected chi connectivity index (χ2v) is 6.79. The topological polar surface area (TPSA) is 98.0 Å². The van der Waals surface area contributed by atoms with E-state index in [1.165, 1.54) is 26.4 Å². The van der Waals surface area contributed by atoms with Gasteiger partial charge in [-0.3, -0.25) is 10.2 Å². The Balaban J connectivity index is 1.88. The van der Waals surface area contributed by atoms with Gasteiger partial charge in [-0.1, -0.05) is 19.8 Å². The zero-order valence-corrected chi connectivity index (χ0v) is 16.0. The number of hydrazone groups is 1. The van der Waals surface area contributed by atoms with Gasteiger partial charge in [0.2, 0.25) is 0 Å². The number of nitrogens with zero attached hydrogens (tertiary/aromatic N) is 1. The minimum absolute atomic E-state index is 0.203. The van der Waals surface area contributed by atoms with Crippen LogP contribution in [0, 0.1) is 5.92 Å². The van der Waals surface area contributed by atoms with Gasteiger partial charge < -0.3 is 20.5 Å². The number of benzene rings is 1. The molecular weight excluding hydrogens is 352 g/mol. The van der Waals surface area contributed by atoms with Crippen molar-refractivity contribution < 1.29 is 14.3 Å². The van der Waals surface area contributed by atoms with Crippen LogP contribution < -0.4 is 25.9 Å². The Labute approximate surface area is 159 Å². The lowest BCUT2D eigenvalue weighted by molar-refractivity contribution is -0.119. The molecule has 1 saturated carbocycles. The maximum atomic E-state index is 10.8. The van der Waals surface area contributed by atoms with Gasteiger partial charge in [0.1, 0.15) is 0 Å². The third-order valence-corrected chi connectivity index (χ3v) is 4.57. The van der Waals surface area contributed by atoms with Crippen LogP contribution in [-0.2, 0) is 4.79 Å². The molecule has 1 aliphatic rings. The molecule has 142 valence electrons. The third kappa shape index (κ3) is 6.18. The van der Waals surface area contributed by atoms with Crippen LogP contribution in [0.3, 0.4) is 0 Å². The van der Waals surface area contributed by atoms with Gasteiger partial charge in [-0.05, 0) is 54.7 Å². The summed E-state index contributed by atoms with van der Waals surface area (Å²) in [5.74, 6) is 1.01. The molecule has 7 nitrogen and oxygen atoms in total. The highest BCUT2D eigenvalue weighted by molar-refractivity contribution is 7.80. The number of carbonyl (C=O) groups is 1. The monoisotopic (exact) mass is 378 g/mol. The summed E-state index contributed by atoms with van der Waals surface area (Å²) in [5, 5.41) is 8.02. The highest BCUT2D eigenvalue weighted by Crippen LogP contribution is 2.27. The van der Waals surface area contributed by atoms with E-state index in [0.717, 1.165) is 12.0 Å². The number of nitrogens with one attached hydrogen (secondary N) is 2. The van der Waals surface area contributed by atoms with Crippen LogP contribution in [0.1, 0.15) is 38.2 Å². The lowest BCUT2D eigenvalue weighted by Crippen LogP contribution is -2.44. The maximum Gasteiger partial charge on any atom is 0.255 e. The van der Waals surface area contributed by atoms with Crippen molar-refractivity contribution in [2.24, 2.45) is 16.8 Å². The molecule has 0 heterocycles. The summed E-state index contributed by atoms with van der Waals surface area (Å²) in [6, 6.07) is 5.65. The third-order valence-electron chi connectivity index (χ3n) is 4.37. The lowest BCUT2D eigenvalue weighted by Gasteiger charge is -2.30. The van der Waals surface area contributed by atoms with E-state index in [2.05, 4.69) is 22.8 Å². The Morgan fingerprint density at radius 2 is 2.15 bits per heavy atom. The van der Waals surface area contributed by atoms with Crippen molar-refractivity contribution >= 4 is 29.5 Å². The highest BCUT2D eigenvalue weighted by Gasteiger charge is 2.21. The number of rotatable bonds is 7. The molecule has 4 N–H and O–H groups in total. The van der Waals surface area contributed by atoms with Gasteiger partial charge in [-0.2, -0.15) is 5.10 Å². The molecule has 0 saturated heterocycles. The van der Waals surface area contributed by atoms with Crippen molar-refractivity contribution in [1.29, 1.82) is 0 Å². The second-order valence-electron chi connectivity index (χ2n) is 6.38. The van der Waals surface area contributed by atoms with Gasteiger partial charge in [0.15, 0.2) is 23.2 Å². The highest BCUT2D eigenvalue weighted by atomic mass is 32.1. The van der Waals surface area contributed by atoms with Crippen LogP contribution in [0.2, 0.25) is 0 Å². The Bertz CT molecular complexity index is 666. The van der Waals surface area contributed by atoms with Crippen molar-refractivity contribution in [1.82, 2.24) is 10.7 Å². The first kappa shape index (κ1) is 20.0. The molecule has 2 rings (SSSR count). The number of hydrogen-bond acceptors (Lipinski definition) is 5. The normalized spacial score (nSPS) is 19.8. The smallest absolute Gasteiger partial charge is 0.255 e. The molecule has 1 aliphatic carbocycles. The van der Waals surface area contributed by atoms with Crippen molar-refractivity contribution in [3.8, 4) is 11.5 Å². The first-order valence-corrected chi connectivity index (χ1v) is 9.09. The Morgan fingerprint density at radius 1 is 1.38 bits per heavy atom. The van der Waals surface area contributed by atoms with Gasteiger partial charge in [0.25, 0.3) is 5.91 Å². The number of thiocarbonyl (C=S) groups is 1. The average molecular weight is 378 g/mol. The molecule has 2 atom stereocenters. The first-order chi connectivity index (χ1) is 12.5. The van der Waals surface area contributed by atoms with Crippen LogP contribution in [0.15, 0.2) is 23.3 Å². The molecule has 0 aliphatic heterocycles. The number of hydrogen-bond donors (Lipinski definition) is 3. The fourth-order valence-corrected chi connectivity index (χ4v) is 3.13. The fourth-order valence-electron chi connectivity index (χ4n) is 2.93. The SMILES string of the molecule is COc1cc(/C=N\NC(=S)N[C@@H]2CCCC[C@@H]2C)ccc1OCC(N)=O. The first-order valence-electron chi connectivity index (χ1n) is 8.68. The summed E-state index contributed by atoms with van der Waals surface area (Å²) in [5.41, 5.74) is 8.73. The zero-order valence-electron chi connectivity index (χ0n) is 15.2. The van der Waals surface area contributed by atoms with E-state index in [4.69, 9.17) is 27.4 Å². The van der Waals surface area contributed by atoms with Crippen LogP contribution in [-0.4, -0.2) is 37.0 Å². The zero-order chi connectivity index (χ0) is 18.9. The van der Waals surface area contributed by atoms with Gasteiger partial charge in [-0.15, -0.1) is 0 Å². The predicted molar refractivity (Wildman–Crippen MR) is 106 cm³/mol. The van der Waals surface area contributed by atoms with E-state index in [0.29, 0.717) is 28.6 Å². The molecule has 1 fully saturated rings. The summed E-state index contributed by atoms with van der Waals surface area (Å²) >= 11 is 5.31. The van der Waals surface area contributed by atoms with E-state index in [-0.39, 0.29) is 6.61 Å². The standard InChI is InChI=1S/C18H26N4O3S/c1-12-5-3-4-6-14(12)21-18(26)22-20-10-13-7-8-15(16(9-13)24-2)25-11-17(19)23/h7-10,12,14H,3-6,11H2,1-2H3,(H2,19,23)(H2,21,22,26)/b20-10-/t12-,14+/m0/s1. The number of amides is 1. The predicted octanol–water partition coefficient (Wildman–Crippen LogP) is 1.94. The summed E-state index contributed by atoms with van der Waals surface area (Å²) in [6.07, 6.45) is 6.53. The minimum Gasteiger partial charge on any atom is -0.493 e. The molecule has 0 radical (unpaired) electrons. The summed E-state index contributed by atoms with van der Waals surface area (Å²) in [6.45, 7) is 2.04. The molecule has 0 unspecified atom stereocenters. The number of primary amides is 1. The van der Waals surface area contributed by atoms with Crippen molar-refractivity contribution in [3.63, 3.8) is 0 Å². The summed E-state index contributed by atoms with van der Waals surface area (Å²) in [7, 11) is 1.52. The second kappa shape index (κ2) is 9.96. The van der Waals surface area contributed by atoms with Crippen LogP contribution >= 0.6 is 12.2 Å². The Kier molecular flexibility index (Phi) is 7.65. The van der Waals surface area contributed by atoms with Crippen LogP contribution in [0.4, 0.5) is 0 Å². The van der Waals surface area contributed by atoms with Crippen LogP contribution in [0.25, 0.3) is 0 Å². The number of ether oxygens (including phenoxy) is 2. The minimum atomic E-state index is -0.546. The van der Waals surface area contributed by atoms with E-state index in [9.17, 15) is 4.79 Å². The van der Waals surface area contributed by atoms with E-state index >= 15 is 0 Å². The molecule has 0 aromatic heterocycles. The molecule has 26 heavy (non-hydrogen) atoms.